The Labute approximate surface area is 103 Å². The molecule has 1 aromatic rings. The minimum Gasteiger partial charge on any atom is -0.479 e. The average molecular weight is 310 g/mol. The molecule has 0 atom stereocenters. The Morgan fingerprint density at radius 1 is 1.62 bits per heavy atom. The van der Waals surface area contributed by atoms with Gasteiger partial charge in [0.2, 0.25) is 5.75 Å². The summed E-state index contributed by atoms with van der Waals surface area (Å²) in [5, 5.41) is 19.2. The first-order chi connectivity index (χ1) is 7.41. The van der Waals surface area contributed by atoms with Crippen molar-refractivity contribution in [3.8, 4) is 5.75 Å². The number of aliphatic carboxylic acids is 1. The summed E-state index contributed by atoms with van der Waals surface area (Å²) in [5.74, 6) is -1.38. The molecule has 0 fully saturated rings. The van der Waals surface area contributed by atoms with Gasteiger partial charge in [-0.15, -0.1) is 0 Å². The van der Waals surface area contributed by atoms with E-state index < -0.39 is 17.5 Å². The Morgan fingerprint density at radius 3 is 2.75 bits per heavy atom. The quantitative estimate of drug-likeness (QED) is 0.681. The highest BCUT2D eigenvalue weighted by Crippen LogP contribution is 2.37. The lowest BCUT2D eigenvalue weighted by Gasteiger charge is -2.06. The van der Waals surface area contributed by atoms with Gasteiger partial charge in [-0.05, 0) is 22.0 Å². The van der Waals surface area contributed by atoms with Crippen LogP contribution in [0.15, 0.2) is 16.6 Å². The number of nitro groups is 1. The Balaban J connectivity index is 3.14. The van der Waals surface area contributed by atoms with Crippen molar-refractivity contribution < 1.29 is 19.6 Å². The number of benzene rings is 1. The van der Waals surface area contributed by atoms with E-state index in [4.69, 9.17) is 21.4 Å². The molecule has 8 heteroatoms. The molecule has 0 amide bonds. The maximum atomic E-state index is 10.7. The van der Waals surface area contributed by atoms with Crippen LogP contribution in [0.5, 0.6) is 5.75 Å². The Morgan fingerprint density at radius 2 is 2.25 bits per heavy atom. The number of rotatable bonds is 4. The van der Waals surface area contributed by atoms with Gasteiger partial charge in [0.1, 0.15) is 0 Å². The van der Waals surface area contributed by atoms with E-state index in [1.807, 2.05) is 0 Å². The SMILES string of the molecule is O=C(O)COc1c(Br)cc(Cl)cc1[N+](=O)[O-]. The summed E-state index contributed by atoms with van der Waals surface area (Å²) in [6, 6.07) is 2.47. The fourth-order valence-electron chi connectivity index (χ4n) is 0.959. The van der Waals surface area contributed by atoms with Crippen LogP contribution in [-0.2, 0) is 4.79 Å². The number of hydrogen-bond acceptors (Lipinski definition) is 4. The van der Waals surface area contributed by atoms with Crippen LogP contribution in [0, 0.1) is 10.1 Å². The van der Waals surface area contributed by atoms with Crippen molar-refractivity contribution in [1.82, 2.24) is 0 Å². The predicted molar refractivity (Wildman–Crippen MR) is 58.9 cm³/mol. The maximum Gasteiger partial charge on any atom is 0.341 e. The highest BCUT2D eigenvalue weighted by atomic mass is 79.9. The summed E-state index contributed by atoms with van der Waals surface area (Å²) >= 11 is 8.63. The van der Waals surface area contributed by atoms with Gasteiger partial charge in [0.15, 0.2) is 6.61 Å². The van der Waals surface area contributed by atoms with E-state index in [2.05, 4.69) is 15.9 Å². The van der Waals surface area contributed by atoms with Gasteiger partial charge in [-0.1, -0.05) is 11.6 Å². The van der Waals surface area contributed by atoms with Crippen LogP contribution in [0.3, 0.4) is 0 Å². The van der Waals surface area contributed by atoms with Crippen molar-refractivity contribution in [2.45, 2.75) is 0 Å². The number of carbonyl (C=O) groups is 1. The largest absolute Gasteiger partial charge is 0.479 e. The van der Waals surface area contributed by atoms with Crippen LogP contribution < -0.4 is 4.74 Å². The van der Waals surface area contributed by atoms with Gasteiger partial charge < -0.3 is 9.84 Å². The van der Waals surface area contributed by atoms with Gasteiger partial charge in [-0.2, -0.15) is 0 Å². The normalized spacial score (nSPS) is 9.88. The van der Waals surface area contributed by atoms with Gasteiger partial charge in [0.05, 0.1) is 9.40 Å². The van der Waals surface area contributed by atoms with Gasteiger partial charge >= 0.3 is 11.7 Å². The second-order valence-electron chi connectivity index (χ2n) is 2.68. The smallest absolute Gasteiger partial charge is 0.341 e. The number of ether oxygens (including phenoxy) is 1. The molecule has 1 N–H and O–H groups in total. The molecule has 0 aromatic heterocycles. The summed E-state index contributed by atoms with van der Waals surface area (Å²) in [7, 11) is 0. The van der Waals surface area contributed by atoms with E-state index in [0.29, 0.717) is 0 Å². The molecule has 1 aromatic carbocycles. The molecule has 0 spiro atoms. The van der Waals surface area contributed by atoms with Crippen molar-refractivity contribution >= 4 is 39.2 Å². The lowest BCUT2D eigenvalue weighted by Crippen LogP contribution is -2.10. The molecule has 0 radical (unpaired) electrons. The third-order valence-electron chi connectivity index (χ3n) is 1.53. The molecule has 0 aliphatic heterocycles. The maximum absolute atomic E-state index is 10.7. The van der Waals surface area contributed by atoms with E-state index in [9.17, 15) is 14.9 Å². The third-order valence-corrected chi connectivity index (χ3v) is 2.33. The van der Waals surface area contributed by atoms with Crippen molar-refractivity contribution in [1.29, 1.82) is 0 Å². The number of nitro benzene ring substituents is 1. The molecule has 6 nitrogen and oxygen atoms in total. The highest BCUT2D eigenvalue weighted by molar-refractivity contribution is 9.10. The molecular formula is C8H5BrClNO5. The van der Waals surface area contributed by atoms with E-state index in [0.717, 1.165) is 6.07 Å². The average Bonchev–Trinajstić information content (AvgIpc) is 2.14. The molecule has 86 valence electrons. The number of nitrogens with zero attached hydrogens (tertiary/aromatic N) is 1. The van der Waals surface area contributed by atoms with Crippen LogP contribution in [0.25, 0.3) is 0 Å². The molecule has 0 heterocycles. The number of carboxylic acids is 1. The summed E-state index contributed by atoms with van der Waals surface area (Å²) < 4.78 is 5.03. The van der Waals surface area contributed by atoms with Crippen LogP contribution >= 0.6 is 27.5 Å². The van der Waals surface area contributed by atoms with Gasteiger partial charge in [0.25, 0.3) is 0 Å². The Hall–Kier alpha value is -1.34. The zero-order valence-corrected chi connectivity index (χ0v) is 9.99. The number of hydrogen-bond donors (Lipinski definition) is 1. The van der Waals surface area contributed by atoms with Crippen LogP contribution in [-0.4, -0.2) is 22.6 Å². The van der Waals surface area contributed by atoms with E-state index >= 15 is 0 Å². The van der Waals surface area contributed by atoms with Crippen molar-refractivity contribution in [3.05, 3.63) is 31.7 Å². The molecule has 0 aliphatic carbocycles. The van der Waals surface area contributed by atoms with E-state index in [-0.39, 0.29) is 20.9 Å². The topological polar surface area (TPSA) is 89.7 Å². The summed E-state index contributed by atoms with van der Waals surface area (Å²) in [5.41, 5.74) is -0.388. The number of halogens is 2. The summed E-state index contributed by atoms with van der Waals surface area (Å²) in [6.45, 7) is -0.666. The highest BCUT2D eigenvalue weighted by Gasteiger charge is 2.20. The standard InChI is InChI=1S/C8H5BrClNO5/c9-5-1-4(10)2-6(11(14)15)8(5)16-3-7(12)13/h1-2H,3H2,(H,12,13). The van der Waals surface area contributed by atoms with Gasteiger partial charge in [-0.3, -0.25) is 10.1 Å². The van der Waals surface area contributed by atoms with Crippen LogP contribution in [0.2, 0.25) is 5.02 Å². The second kappa shape index (κ2) is 5.13. The first-order valence-corrected chi connectivity index (χ1v) is 5.07. The predicted octanol–water partition coefficient (Wildman–Crippen LogP) is 2.47. The van der Waals surface area contributed by atoms with Crippen molar-refractivity contribution in [2.75, 3.05) is 6.61 Å². The minimum atomic E-state index is -1.23. The molecule has 0 aliphatic rings. The van der Waals surface area contributed by atoms with Crippen LogP contribution in [0.4, 0.5) is 5.69 Å². The molecule has 0 unspecified atom stereocenters. The minimum absolute atomic E-state index is 0.154. The lowest BCUT2D eigenvalue weighted by molar-refractivity contribution is -0.385. The Bertz CT molecular complexity index is 450. The lowest BCUT2D eigenvalue weighted by atomic mass is 10.3. The number of carboxylic acid groups (broad SMARTS) is 1. The monoisotopic (exact) mass is 309 g/mol. The van der Waals surface area contributed by atoms with Crippen molar-refractivity contribution in [3.63, 3.8) is 0 Å². The summed E-state index contributed by atoms with van der Waals surface area (Å²) in [6.07, 6.45) is 0. The zero-order chi connectivity index (χ0) is 12.3. The fourth-order valence-corrected chi connectivity index (χ4v) is 1.87. The molecule has 0 bridgehead atoms. The van der Waals surface area contributed by atoms with E-state index in [1.165, 1.54) is 6.07 Å². The third kappa shape index (κ3) is 3.07. The fraction of sp³-hybridized carbons (Fsp3) is 0.125. The summed E-state index contributed by atoms with van der Waals surface area (Å²) in [4.78, 5) is 20.3. The molecule has 16 heavy (non-hydrogen) atoms. The van der Waals surface area contributed by atoms with Gasteiger partial charge in [0, 0.05) is 11.1 Å². The zero-order valence-electron chi connectivity index (χ0n) is 7.65. The second-order valence-corrected chi connectivity index (χ2v) is 3.97. The molecular weight excluding hydrogens is 305 g/mol. The van der Waals surface area contributed by atoms with E-state index in [1.54, 1.807) is 0 Å². The molecule has 0 saturated carbocycles. The van der Waals surface area contributed by atoms with Crippen molar-refractivity contribution in [2.24, 2.45) is 0 Å². The molecule has 1 rings (SSSR count). The molecule has 0 saturated heterocycles. The first-order valence-electron chi connectivity index (χ1n) is 3.90. The Kier molecular flexibility index (Phi) is 4.08. The van der Waals surface area contributed by atoms with Crippen LogP contribution in [0.1, 0.15) is 0 Å². The van der Waals surface area contributed by atoms with Gasteiger partial charge in [-0.25, -0.2) is 4.79 Å². The first kappa shape index (κ1) is 12.7.